The van der Waals surface area contributed by atoms with Crippen molar-refractivity contribution in [3.8, 4) is 0 Å². The Morgan fingerprint density at radius 3 is 2.71 bits per heavy atom. The molecule has 6 nitrogen and oxygen atoms in total. The lowest BCUT2D eigenvalue weighted by Crippen LogP contribution is -2.44. The molecule has 1 aromatic rings. The number of carbonyl (C=O) groups excluding carboxylic acids is 1. The van der Waals surface area contributed by atoms with E-state index in [1.54, 1.807) is 11.3 Å². The SMILES string of the molecule is Cl.Cl.O=C(NCCCN1CCOCC1)c1cc2c(s1)CCOC21CCNCC1. The summed E-state index contributed by atoms with van der Waals surface area (Å²) in [5.41, 5.74) is 1.11. The molecule has 0 unspecified atom stereocenters. The smallest absolute Gasteiger partial charge is 0.261 e. The van der Waals surface area contributed by atoms with Crippen LogP contribution in [-0.2, 0) is 21.5 Å². The van der Waals surface area contributed by atoms with Crippen LogP contribution in [0.2, 0.25) is 0 Å². The molecule has 2 N–H and O–H groups in total. The normalized spacial score (nSPS) is 21.3. The number of carbonyl (C=O) groups is 1. The molecule has 1 aromatic heterocycles. The van der Waals surface area contributed by atoms with Crippen molar-refractivity contribution in [2.75, 3.05) is 59.1 Å². The molecule has 2 saturated heterocycles. The highest BCUT2D eigenvalue weighted by atomic mass is 35.5. The van der Waals surface area contributed by atoms with Gasteiger partial charge >= 0.3 is 0 Å². The molecule has 9 heteroatoms. The Morgan fingerprint density at radius 1 is 1.21 bits per heavy atom. The van der Waals surface area contributed by atoms with Crippen LogP contribution < -0.4 is 10.6 Å². The van der Waals surface area contributed by atoms with E-state index in [1.165, 1.54) is 10.4 Å². The largest absolute Gasteiger partial charge is 0.379 e. The number of fused-ring (bicyclic) bond motifs is 2. The molecule has 2 fully saturated rings. The van der Waals surface area contributed by atoms with Crippen LogP contribution in [0, 0.1) is 0 Å². The number of ether oxygens (including phenoxy) is 2. The summed E-state index contributed by atoms with van der Waals surface area (Å²) < 4.78 is 11.6. The van der Waals surface area contributed by atoms with Gasteiger partial charge in [-0.1, -0.05) is 0 Å². The molecule has 1 amide bonds. The molecule has 160 valence electrons. The zero-order valence-corrected chi connectivity index (χ0v) is 18.6. The molecule has 0 aromatic carbocycles. The molecule has 1 spiro atoms. The summed E-state index contributed by atoms with van der Waals surface area (Å²) in [4.78, 5) is 17.2. The summed E-state index contributed by atoms with van der Waals surface area (Å²) in [5.74, 6) is 0.0652. The van der Waals surface area contributed by atoms with E-state index in [1.807, 2.05) is 0 Å². The van der Waals surface area contributed by atoms with Gasteiger partial charge in [-0.25, -0.2) is 0 Å². The van der Waals surface area contributed by atoms with Crippen LogP contribution >= 0.6 is 36.2 Å². The summed E-state index contributed by atoms with van der Waals surface area (Å²) in [6.07, 6.45) is 3.91. The van der Waals surface area contributed by atoms with Crippen LogP contribution in [0.4, 0.5) is 0 Å². The van der Waals surface area contributed by atoms with E-state index in [2.05, 4.69) is 21.6 Å². The zero-order chi connectivity index (χ0) is 17.8. The van der Waals surface area contributed by atoms with Crippen molar-refractivity contribution in [1.29, 1.82) is 0 Å². The Labute approximate surface area is 183 Å². The maximum atomic E-state index is 12.6. The zero-order valence-electron chi connectivity index (χ0n) is 16.2. The van der Waals surface area contributed by atoms with E-state index >= 15 is 0 Å². The van der Waals surface area contributed by atoms with Crippen LogP contribution in [-0.4, -0.2) is 69.9 Å². The Bertz CT molecular complexity index is 632. The Kier molecular flexibility index (Phi) is 9.47. The lowest BCUT2D eigenvalue weighted by atomic mass is 9.83. The highest BCUT2D eigenvalue weighted by molar-refractivity contribution is 7.14. The van der Waals surface area contributed by atoms with Gasteiger partial charge < -0.3 is 20.1 Å². The third kappa shape index (κ3) is 5.39. The van der Waals surface area contributed by atoms with Gasteiger partial charge in [0.05, 0.1) is 30.3 Å². The third-order valence-electron chi connectivity index (χ3n) is 5.68. The minimum absolute atomic E-state index is 0. The van der Waals surface area contributed by atoms with E-state index in [9.17, 15) is 4.79 Å². The van der Waals surface area contributed by atoms with Crippen LogP contribution in [0.5, 0.6) is 0 Å². The molecule has 0 saturated carbocycles. The number of rotatable bonds is 5. The summed E-state index contributed by atoms with van der Waals surface area (Å²) in [7, 11) is 0. The summed E-state index contributed by atoms with van der Waals surface area (Å²) in [6, 6.07) is 2.10. The summed E-state index contributed by atoms with van der Waals surface area (Å²) in [5, 5.41) is 6.51. The van der Waals surface area contributed by atoms with Gasteiger partial charge in [0, 0.05) is 30.9 Å². The standard InChI is InChI=1S/C19H29N3O3S.2ClH/c23-18(21-5-1-8-22-9-12-24-13-10-22)17-14-15-16(26-17)2-11-25-19(15)3-6-20-7-4-19;;/h14,20H,1-13H2,(H,21,23);2*1H. The first-order chi connectivity index (χ1) is 12.8. The Morgan fingerprint density at radius 2 is 1.96 bits per heavy atom. The second-order valence-corrected chi connectivity index (χ2v) is 8.49. The second kappa shape index (κ2) is 11.1. The van der Waals surface area contributed by atoms with Gasteiger partial charge in [-0.05, 0) is 50.5 Å². The van der Waals surface area contributed by atoms with Crippen molar-refractivity contribution in [2.24, 2.45) is 0 Å². The van der Waals surface area contributed by atoms with E-state index < -0.39 is 0 Å². The van der Waals surface area contributed by atoms with Crippen LogP contribution in [0.3, 0.4) is 0 Å². The van der Waals surface area contributed by atoms with Crippen molar-refractivity contribution < 1.29 is 14.3 Å². The molecule has 28 heavy (non-hydrogen) atoms. The van der Waals surface area contributed by atoms with Crippen molar-refractivity contribution in [3.05, 3.63) is 21.4 Å². The van der Waals surface area contributed by atoms with Gasteiger partial charge in [0.15, 0.2) is 0 Å². The van der Waals surface area contributed by atoms with Gasteiger partial charge in [0.25, 0.3) is 5.91 Å². The van der Waals surface area contributed by atoms with Gasteiger partial charge in [0.1, 0.15) is 0 Å². The van der Waals surface area contributed by atoms with E-state index in [0.717, 1.165) is 89.6 Å². The molecular formula is C19H31Cl2N3O3S. The lowest BCUT2D eigenvalue weighted by Gasteiger charge is -2.40. The van der Waals surface area contributed by atoms with Crippen LogP contribution in [0.1, 0.15) is 39.4 Å². The van der Waals surface area contributed by atoms with Gasteiger partial charge in [-0.15, -0.1) is 36.2 Å². The van der Waals surface area contributed by atoms with Crippen molar-refractivity contribution in [1.82, 2.24) is 15.5 Å². The molecule has 3 aliphatic heterocycles. The average molecular weight is 452 g/mol. The van der Waals surface area contributed by atoms with Gasteiger partial charge in [-0.3, -0.25) is 9.69 Å². The maximum Gasteiger partial charge on any atom is 0.261 e. The van der Waals surface area contributed by atoms with E-state index in [4.69, 9.17) is 9.47 Å². The topological polar surface area (TPSA) is 62.8 Å². The van der Waals surface area contributed by atoms with Gasteiger partial charge in [-0.2, -0.15) is 0 Å². The quantitative estimate of drug-likeness (QED) is 0.671. The first kappa shape index (κ1) is 23.9. The van der Waals surface area contributed by atoms with Crippen molar-refractivity contribution in [3.63, 3.8) is 0 Å². The van der Waals surface area contributed by atoms with Crippen LogP contribution in [0.25, 0.3) is 0 Å². The Balaban J connectivity index is 0.00000140. The van der Waals surface area contributed by atoms with E-state index in [-0.39, 0.29) is 36.3 Å². The minimum Gasteiger partial charge on any atom is -0.379 e. The fourth-order valence-electron chi connectivity index (χ4n) is 4.19. The van der Waals surface area contributed by atoms with Crippen molar-refractivity contribution >= 4 is 42.1 Å². The summed E-state index contributed by atoms with van der Waals surface area (Å²) in [6.45, 7) is 8.15. The highest BCUT2D eigenvalue weighted by Crippen LogP contribution is 2.43. The monoisotopic (exact) mass is 451 g/mol. The number of hydrogen-bond donors (Lipinski definition) is 2. The summed E-state index contributed by atoms with van der Waals surface area (Å²) >= 11 is 1.66. The maximum absolute atomic E-state index is 12.6. The molecule has 0 atom stereocenters. The molecular weight excluding hydrogens is 421 g/mol. The number of hydrogen-bond acceptors (Lipinski definition) is 6. The Hall–Kier alpha value is -0.410. The number of nitrogens with zero attached hydrogens (tertiary/aromatic N) is 1. The van der Waals surface area contributed by atoms with Crippen molar-refractivity contribution in [2.45, 2.75) is 31.3 Å². The molecule has 0 aliphatic carbocycles. The molecule has 0 radical (unpaired) electrons. The number of nitrogens with one attached hydrogen (secondary N) is 2. The fraction of sp³-hybridized carbons (Fsp3) is 0.737. The first-order valence-corrected chi connectivity index (χ1v) is 10.6. The molecule has 0 bridgehead atoms. The number of piperidine rings is 1. The van der Waals surface area contributed by atoms with E-state index in [0.29, 0.717) is 0 Å². The average Bonchev–Trinajstić information content (AvgIpc) is 3.13. The minimum atomic E-state index is -0.163. The molecule has 3 aliphatic rings. The predicted octanol–water partition coefficient (Wildman–Crippen LogP) is 2.20. The highest BCUT2D eigenvalue weighted by Gasteiger charge is 2.40. The number of amides is 1. The number of morpholine rings is 1. The third-order valence-corrected chi connectivity index (χ3v) is 6.88. The van der Waals surface area contributed by atoms with Crippen LogP contribution in [0.15, 0.2) is 6.07 Å². The van der Waals surface area contributed by atoms with Gasteiger partial charge in [0.2, 0.25) is 0 Å². The predicted molar refractivity (Wildman–Crippen MR) is 116 cm³/mol. The number of halogens is 2. The first-order valence-electron chi connectivity index (χ1n) is 9.83. The molecule has 4 rings (SSSR count). The fourth-order valence-corrected chi connectivity index (χ4v) is 5.34. The molecule has 4 heterocycles. The number of thiophene rings is 1. The second-order valence-electron chi connectivity index (χ2n) is 7.35. The lowest BCUT2D eigenvalue weighted by molar-refractivity contribution is -0.0792.